The number of hydrogen-bond acceptors (Lipinski definition) is 3. The molecule has 110 valence electrons. The lowest BCUT2D eigenvalue weighted by atomic mass is 10.1. The molecular weight excluding hydrogens is 269 g/mol. The van der Waals surface area contributed by atoms with E-state index in [1.807, 2.05) is 38.1 Å². The van der Waals surface area contributed by atoms with Gasteiger partial charge < -0.3 is 14.8 Å². The molecule has 2 aromatic carbocycles. The fourth-order valence-electron chi connectivity index (χ4n) is 2.36. The number of benzene rings is 2. The van der Waals surface area contributed by atoms with Gasteiger partial charge in [-0.05, 0) is 43.7 Å². The van der Waals surface area contributed by atoms with E-state index in [9.17, 15) is 4.39 Å². The summed E-state index contributed by atoms with van der Waals surface area (Å²) in [6, 6.07) is 12.3. The molecule has 4 heteroatoms. The van der Waals surface area contributed by atoms with Gasteiger partial charge in [0, 0.05) is 6.07 Å². The molecule has 1 N–H and O–H groups in total. The fraction of sp³-hybridized carbons (Fsp3) is 0.294. The second-order valence-corrected chi connectivity index (χ2v) is 5.36. The highest BCUT2D eigenvalue weighted by atomic mass is 19.1. The highest BCUT2D eigenvalue weighted by Crippen LogP contribution is 2.34. The Balaban J connectivity index is 1.76. The topological polar surface area (TPSA) is 30.5 Å². The Morgan fingerprint density at radius 1 is 1.19 bits per heavy atom. The minimum atomic E-state index is -0.295. The second kappa shape index (κ2) is 5.64. The van der Waals surface area contributed by atoms with Crippen LogP contribution in [0.3, 0.4) is 0 Å². The Morgan fingerprint density at radius 2 is 1.95 bits per heavy atom. The Hall–Kier alpha value is -2.23. The zero-order chi connectivity index (χ0) is 14.8. The molecule has 0 amide bonds. The molecule has 1 atom stereocenters. The van der Waals surface area contributed by atoms with Crippen molar-refractivity contribution in [1.82, 2.24) is 0 Å². The van der Waals surface area contributed by atoms with E-state index in [-0.39, 0.29) is 18.0 Å². The SMILES string of the molecule is CC(C)Oc1ccc(C2CNc3ccc(F)cc3O2)cc1. The maximum atomic E-state index is 13.3. The van der Waals surface area contributed by atoms with Crippen LogP contribution in [0.2, 0.25) is 0 Å². The molecular formula is C17H18FNO2. The average molecular weight is 287 g/mol. The molecule has 0 radical (unpaired) electrons. The molecule has 3 rings (SSSR count). The Kier molecular flexibility index (Phi) is 3.69. The molecule has 0 spiro atoms. The van der Waals surface area contributed by atoms with Crippen molar-refractivity contribution in [2.45, 2.75) is 26.1 Å². The summed E-state index contributed by atoms with van der Waals surface area (Å²) in [5, 5.41) is 3.26. The highest BCUT2D eigenvalue weighted by Gasteiger charge is 2.21. The fourth-order valence-corrected chi connectivity index (χ4v) is 2.36. The van der Waals surface area contributed by atoms with Crippen LogP contribution < -0.4 is 14.8 Å². The van der Waals surface area contributed by atoms with Gasteiger partial charge in [-0.15, -0.1) is 0 Å². The summed E-state index contributed by atoms with van der Waals surface area (Å²) in [4.78, 5) is 0. The van der Waals surface area contributed by atoms with Crippen molar-refractivity contribution in [2.24, 2.45) is 0 Å². The lowest BCUT2D eigenvalue weighted by Crippen LogP contribution is -2.23. The van der Waals surface area contributed by atoms with Crippen LogP contribution in [0.4, 0.5) is 10.1 Å². The quantitative estimate of drug-likeness (QED) is 0.919. The van der Waals surface area contributed by atoms with Crippen LogP contribution in [-0.2, 0) is 0 Å². The Morgan fingerprint density at radius 3 is 2.67 bits per heavy atom. The van der Waals surface area contributed by atoms with Gasteiger partial charge >= 0.3 is 0 Å². The van der Waals surface area contributed by atoms with Gasteiger partial charge in [0.25, 0.3) is 0 Å². The third kappa shape index (κ3) is 3.10. The van der Waals surface area contributed by atoms with Crippen LogP contribution in [0.15, 0.2) is 42.5 Å². The van der Waals surface area contributed by atoms with Gasteiger partial charge in [0.05, 0.1) is 18.3 Å². The van der Waals surface area contributed by atoms with E-state index in [4.69, 9.17) is 9.47 Å². The van der Waals surface area contributed by atoms with E-state index >= 15 is 0 Å². The largest absolute Gasteiger partial charge is 0.491 e. The first-order valence-corrected chi connectivity index (χ1v) is 7.08. The molecule has 0 saturated heterocycles. The van der Waals surface area contributed by atoms with Crippen molar-refractivity contribution in [3.05, 3.63) is 53.8 Å². The zero-order valence-electron chi connectivity index (χ0n) is 12.1. The summed E-state index contributed by atoms with van der Waals surface area (Å²) in [7, 11) is 0. The van der Waals surface area contributed by atoms with Crippen molar-refractivity contribution in [3.8, 4) is 11.5 Å². The second-order valence-electron chi connectivity index (χ2n) is 5.36. The molecule has 1 aliphatic rings. The van der Waals surface area contributed by atoms with E-state index in [1.54, 1.807) is 6.07 Å². The standard InChI is InChI=1S/C17H18FNO2/c1-11(2)20-14-6-3-12(4-7-14)17-10-19-15-8-5-13(18)9-16(15)21-17/h3-9,11,17,19H,10H2,1-2H3. The molecule has 0 saturated carbocycles. The predicted octanol–water partition coefficient (Wildman–Crippen LogP) is 4.16. The number of nitrogens with one attached hydrogen (secondary N) is 1. The molecule has 1 unspecified atom stereocenters. The number of ether oxygens (including phenoxy) is 2. The minimum Gasteiger partial charge on any atom is -0.491 e. The van der Waals surface area contributed by atoms with Crippen LogP contribution in [0.5, 0.6) is 11.5 Å². The Bertz CT molecular complexity index is 625. The lowest BCUT2D eigenvalue weighted by molar-refractivity contribution is 0.209. The predicted molar refractivity (Wildman–Crippen MR) is 80.5 cm³/mol. The van der Waals surface area contributed by atoms with Crippen molar-refractivity contribution < 1.29 is 13.9 Å². The van der Waals surface area contributed by atoms with E-state index in [2.05, 4.69) is 5.32 Å². The molecule has 1 aliphatic heterocycles. The third-order valence-corrected chi connectivity index (χ3v) is 3.31. The molecule has 0 aliphatic carbocycles. The maximum absolute atomic E-state index is 13.3. The normalized spacial score (nSPS) is 16.9. The van der Waals surface area contributed by atoms with Crippen molar-refractivity contribution >= 4 is 5.69 Å². The Labute approximate surface area is 123 Å². The number of anilines is 1. The summed E-state index contributed by atoms with van der Waals surface area (Å²) in [5.41, 5.74) is 1.86. The molecule has 0 bridgehead atoms. The summed E-state index contributed by atoms with van der Waals surface area (Å²) in [6.07, 6.45) is 0.0192. The van der Waals surface area contributed by atoms with Crippen LogP contribution >= 0.6 is 0 Å². The highest BCUT2D eigenvalue weighted by molar-refractivity contribution is 5.58. The summed E-state index contributed by atoms with van der Waals surface area (Å²) < 4.78 is 24.8. The van der Waals surface area contributed by atoms with Gasteiger partial charge in [-0.1, -0.05) is 12.1 Å². The average Bonchev–Trinajstić information content (AvgIpc) is 2.46. The van der Waals surface area contributed by atoms with E-state index < -0.39 is 0 Å². The first-order chi connectivity index (χ1) is 10.1. The molecule has 1 heterocycles. The number of rotatable bonds is 3. The van der Waals surface area contributed by atoms with Gasteiger partial charge in [0.1, 0.15) is 23.4 Å². The van der Waals surface area contributed by atoms with Crippen molar-refractivity contribution in [3.63, 3.8) is 0 Å². The smallest absolute Gasteiger partial charge is 0.146 e. The van der Waals surface area contributed by atoms with E-state index in [0.717, 1.165) is 17.0 Å². The van der Waals surface area contributed by atoms with Gasteiger partial charge in [-0.3, -0.25) is 0 Å². The summed E-state index contributed by atoms with van der Waals surface area (Å²) in [5.74, 6) is 1.09. The van der Waals surface area contributed by atoms with Gasteiger partial charge in [-0.2, -0.15) is 0 Å². The van der Waals surface area contributed by atoms with Crippen LogP contribution in [-0.4, -0.2) is 12.6 Å². The van der Waals surface area contributed by atoms with E-state index in [1.165, 1.54) is 12.1 Å². The third-order valence-electron chi connectivity index (χ3n) is 3.31. The molecule has 3 nitrogen and oxygen atoms in total. The zero-order valence-corrected chi connectivity index (χ0v) is 12.1. The van der Waals surface area contributed by atoms with Crippen molar-refractivity contribution in [1.29, 1.82) is 0 Å². The summed E-state index contributed by atoms with van der Waals surface area (Å²) in [6.45, 7) is 4.64. The minimum absolute atomic E-state index is 0.132. The molecule has 0 fully saturated rings. The van der Waals surface area contributed by atoms with E-state index in [0.29, 0.717) is 12.3 Å². The van der Waals surface area contributed by atoms with Crippen LogP contribution in [0, 0.1) is 5.82 Å². The maximum Gasteiger partial charge on any atom is 0.146 e. The monoisotopic (exact) mass is 287 g/mol. The molecule has 0 aromatic heterocycles. The van der Waals surface area contributed by atoms with Crippen LogP contribution in [0.1, 0.15) is 25.5 Å². The summed E-state index contributed by atoms with van der Waals surface area (Å²) >= 11 is 0. The van der Waals surface area contributed by atoms with Crippen LogP contribution in [0.25, 0.3) is 0 Å². The first kappa shape index (κ1) is 13.7. The van der Waals surface area contributed by atoms with Crippen molar-refractivity contribution in [2.75, 3.05) is 11.9 Å². The first-order valence-electron chi connectivity index (χ1n) is 7.08. The van der Waals surface area contributed by atoms with Gasteiger partial charge in [0.15, 0.2) is 0 Å². The lowest BCUT2D eigenvalue weighted by Gasteiger charge is -2.27. The molecule has 2 aromatic rings. The number of hydrogen-bond donors (Lipinski definition) is 1. The number of fused-ring (bicyclic) bond motifs is 1. The number of halogens is 1. The molecule has 21 heavy (non-hydrogen) atoms. The van der Waals surface area contributed by atoms with Gasteiger partial charge in [0.2, 0.25) is 0 Å². The van der Waals surface area contributed by atoms with Gasteiger partial charge in [-0.25, -0.2) is 4.39 Å².